The summed E-state index contributed by atoms with van der Waals surface area (Å²) >= 11 is 1.44. The summed E-state index contributed by atoms with van der Waals surface area (Å²) in [7, 11) is 0. The molecule has 1 aliphatic heterocycles. The molecule has 1 aromatic heterocycles. The number of benzene rings is 1. The normalized spacial score (nSPS) is 14.3. The van der Waals surface area contributed by atoms with Gasteiger partial charge in [0.25, 0.3) is 0 Å². The monoisotopic (exact) mass is 343 g/mol. The summed E-state index contributed by atoms with van der Waals surface area (Å²) in [6, 6.07) is 11.9. The van der Waals surface area contributed by atoms with Gasteiger partial charge in [0.05, 0.1) is 16.3 Å². The lowest BCUT2D eigenvalue weighted by Crippen LogP contribution is -2.31. The van der Waals surface area contributed by atoms with Gasteiger partial charge in [0, 0.05) is 31.4 Å². The van der Waals surface area contributed by atoms with E-state index in [1.807, 2.05) is 41.3 Å². The number of hydrogen-bond acceptors (Lipinski definition) is 4. The van der Waals surface area contributed by atoms with Crippen LogP contribution in [0.5, 0.6) is 0 Å². The van der Waals surface area contributed by atoms with Crippen molar-refractivity contribution in [1.82, 2.24) is 15.2 Å². The summed E-state index contributed by atoms with van der Waals surface area (Å²) in [4.78, 5) is 29.8. The fourth-order valence-corrected chi connectivity index (χ4v) is 3.46. The van der Waals surface area contributed by atoms with Gasteiger partial charge in [-0.15, -0.1) is 0 Å². The first kappa shape index (κ1) is 16.8. The first-order valence-electron chi connectivity index (χ1n) is 8.25. The third-order valence-corrected chi connectivity index (χ3v) is 4.95. The Labute approximate surface area is 145 Å². The van der Waals surface area contributed by atoms with Crippen LogP contribution in [0.2, 0.25) is 0 Å². The number of rotatable bonds is 7. The van der Waals surface area contributed by atoms with E-state index >= 15 is 0 Å². The molecule has 0 spiro atoms. The van der Waals surface area contributed by atoms with Crippen molar-refractivity contribution in [3.8, 4) is 0 Å². The summed E-state index contributed by atoms with van der Waals surface area (Å²) in [5.74, 6) is 0.593. The molecule has 2 heterocycles. The second-order valence-electron chi connectivity index (χ2n) is 5.82. The summed E-state index contributed by atoms with van der Waals surface area (Å²) in [6.45, 7) is 2.20. The Balaban J connectivity index is 1.37. The topological polar surface area (TPSA) is 62.3 Å². The molecule has 0 atom stereocenters. The maximum Gasteiger partial charge on any atom is 0.230 e. The predicted molar refractivity (Wildman–Crippen MR) is 95.9 cm³/mol. The van der Waals surface area contributed by atoms with Crippen molar-refractivity contribution in [3.63, 3.8) is 0 Å². The Morgan fingerprint density at radius 2 is 2.12 bits per heavy atom. The third kappa shape index (κ3) is 4.47. The average Bonchev–Trinajstić information content (AvgIpc) is 3.02. The van der Waals surface area contributed by atoms with E-state index in [0.29, 0.717) is 18.7 Å². The van der Waals surface area contributed by atoms with E-state index in [2.05, 4.69) is 10.3 Å². The van der Waals surface area contributed by atoms with E-state index in [-0.39, 0.29) is 11.8 Å². The maximum absolute atomic E-state index is 11.9. The molecule has 2 amide bonds. The SMILES string of the molecule is O=C(CSc1ccc2ccccc2n1)NCCCN1CCCC1=O. The fraction of sp³-hybridized carbons (Fsp3) is 0.389. The molecule has 1 aromatic carbocycles. The average molecular weight is 343 g/mol. The molecule has 1 fully saturated rings. The van der Waals surface area contributed by atoms with Crippen LogP contribution in [0.25, 0.3) is 10.9 Å². The number of nitrogens with one attached hydrogen (secondary N) is 1. The van der Waals surface area contributed by atoms with Gasteiger partial charge in [-0.2, -0.15) is 0 Å². The smallest absolute Gasteiger partial charge is 0.230 e. The minimum Gasteiger partial charge on any atom is -0.355 e. The van der Waals surface area contributed by atoms with Crippen LogP contribution < -0.4 is 5.32 Å². The molecule has 2 aromatic rings. The van der Waals surface area contributed by atoms with Crippen LogP contribution in [-0.2, 0) is 9.59 Å². The van der Waals surface area contributed by atoms with Gasteiger partial charge in [-0.25, -0.2) is 4.98 Å². The number of fused-ring (bicyclic) bond motifs is 1. The van der Waals surface area contributed by atoms with E-state index in [4.69, 9.17) is 0 Å². The van der Waals surface area contributed by atoms with Crippen molar-refractivity contribution in [1.29, 1.82) is 0 Å². The molecule has 1 aliphatic rings. The van der Waals surface area contributed by atoms with Crippen LogP contribution in [0, 0.1) is 0 Å². The van der Waals surface area contributed by atoms with Crippen molar-refractivity contribution in [2.75, 3.05) is 25.4 Å². The highest BCUT2D eigenvalue weighted by Gasteiger charge is 2.18. The molecule has 1 saturated heterocycles. The number of pyridine rings is 1. The molecule has 0 radical (unpaired) electrons. The summed E-state index contributed by atoms with van der Waals surface area (Å²) in [5.41, 5.74) is 0.943. The number of carbonyl (C=O) groups excluding carboxylic acids is 2. The van der Waals surface area contributed by atoms with Crippen molar-refractivity contribution < 1.29 is 9.59 Å². The van der Waals surface area contributed by atoms with Crippen molar-refractivity contribution in [2.24, 2.45) is 0 Å². The zero-order valence-corrected chi connectivity index (χ0v) is 14.3. The van der Waals surface area contributed by atoms with Gasteiger partial charge >= 0.3 is 0 Å². The van der Waals surface area contributed by atoms with E-state index in [1.165, 1.54) is 11.8 Å². The minimum atomic E-state index is 0.00251. The fourth-order valence-electron chi connectivity index (χ4n) is 2.76. The van der Waals surface area contributed by atoms with Gasteiger partial charge in [-0.1, -0.05) is 36.0 Å². The van der Waals surface area contributed by atoms with Gasteiger partial charge in [-0.3, -0.25) is 9.59 Å². The molecular weight excluding hydrogens is 322 g/mol. The Morgan fingerprint density at radius 3 is 2.96 bits per heavy atom. The molecule has 0 saturated carbocycles. The molecule has 3 rings (SSSR count). The number of likely N-dealkylation sites (tertiary alicyclic amines) is 1. The Kier molecular flexibility index (Phi) is 5.69. The van der Waals surface area contributed by atoms with Crippen molar-refractivity contribution in [2.45, 2.75) is 24.3 Å². The summed E-state index contributed by atoms with van der Waals surface area (Å²) in [5, 5.41) is 4.86. The van der Waals surface area contributed by atoms with Crippen LogP contribution in [0.15, 0.2) is 41.4 Å². The van der Waals surface area contributed by atoms with Crippen LogP contribution >= 0.6 is 11.8 Å². The van der Waals surface area contributed by atoms with Crippen molar-refractivity contribution >= 4 is 34.5 Å². The minimum absolute atomic E-state index is 0.00251. The highest BCUT2D eigenvalue weighted by molar-refractivity contribution is 7.99. The van der Waals surface area contributed by atoms with Gasteiger partial charge < -0.3 is 10.2 Å². The van der Waals surface area contributed by atoms with Crippen LogP contribution in [-0.4, -0.2) is 47.1 Å². The van der Waals surface area contributed by atoms with Crippen LogP contribution in [0.1, 0.15) is 19.3 Å². The maximum atomic E-state index is 11.9. The predicted octanol–water partition coefficient (Wildman–Crippen LogP) is 2.46. The number of para-hydroxylation sites is 1. The zero-order chi connectivity index (χ0) is 16.8. The number of aromatic nitrogens is 1. The van der Waals surface area contributed by atoms with Crippen LogP contribution in [0.4, 0.5) is 0 Å². The number of amides is 2. The Morgan fingerprint density at radius 1 is 1.25 bits per heavy atom. The molecule has 24 heavy (non-hydrogen) atoms. The molecular formula is C18H21N3O2S. The van der Waals surface area contributed by atoms with E-state index < -0.39 is 0 Å². The Bertz CT molecular complexity index is 735. The third-order valence-electron chi connectivity index (χ3n) is 4.02. The lowest BCUT2D eigenvalue weighted by atomic mass is 10.2. The Hall–Kier alpha value is -2.08. The first-order valence-corrected chi connectivity index (χ1v) is 9.24. The van der Waals surface area contributed by atoms with Crippen molar-refractivity contribution in [3.05, 3.63) is 36.4 Å². The summed E-state index contributed by atoms with van der Waals surface area (Å²) in [6.07, 6.45) is 2.43. The molecule has 0 unspecified atom stereocenters. The quantitative estimate of drug-likeness (QED) is 0.620. The second kappa shape index (κ2) is 8.15. The highest BCUT2D eigenvalue weighted by Crippen LogP contribution is 2.19. The number of carbonyl (C=O) groups is 2. The first-order chi connectivity index (χ1) is 11.7. The van der Waals surface area contributed by atoms with Gasteiger partial charge in [0.2, 0.25) is 11.8 Å². The molecule has 1 N–H and O–H groups in total. The lowest BCUT2D eigenvalue weighted by molar-refractivity contribution is -0.127. The standard InChI is InChI=1S/C18H21N3O2S/c22-16(19-10-4-12-21-11-3-7-18(21)23)13-24-17-9-8-14-5-1-2-6-15(14)20-17/h1-2,5-6,8-9H,3-4,7,10-13H2,(H,19,22). The van der Waals surface area contributed by atoms with E-state index in [1.54, 1.807) is 0 Å². The summed E-state index contributed by atoms with van der Waals surface area (Å²) < 4.78 is 0. The number of nitrogens with zero attached hydrogens (tertiary/aromatic N) is 2. The number of hydrogen-bond donors (Lipinski definition) is 1. The highest BCUT2D eigenvalue weighted by atomic mass is 32.2. The number of thioether (sulfide) groups is 1. The zero-order valence-electron chi connectivity index (χ0n) is 13.5. The molecule has 5 nitrogen and oxygen atoms in total. The van der Waals surface area contributed by atoms with E-state index in [0.717, 1.165) is 41.9 Å². The largest absolute Gasteiger partial charge is 0.355 e. The van der Waals surface area contributed by atoms with E-state index in [9.17, 15) is 9.59 Å². The molecule has 0 aliphatic carbocycles. The van der Waals surface area contributed by atoms with Crippen LogP contribution in [0.3, 0.4) is 0 Å². The molecule has 126 valence electrons. The van der Waals surface area contributed by atoms with Gasteiger partial charge in [-0.05, 0) is 25.0 Å². The second-order valence-corrected chi connectivity index (χ2v) is 6.81. The van der Waals surface area contributed by atoms with Gasteiger partial charge in [0.15, 0.2) is 0 Å². The van der Waals surface area contributed by atoms with Gasteiger partial charge in [0.1, 0.15) is 0 Å². The molecule has 6 heteroatoms. The lowest BCUT2D eigenvalue weighted by Gasteiger charge is -2.15. The molecule has 0 bridgehead atoms.